The van der Waals surface area contributed by atoms with Gasteiger partial charge in [0.05, 0.1) is 0 Å². The zero-order valence-electron chi connectivity index (χ0n) is 10.4. The first kappa shape index (κ1) is 14.1. The van der Waals surface area contributed by atoms with Crippen molar-refractivity contribution in [3.8, 4) is 0 Å². The molecule has 0 aliphatic carbocycles. The second-order valence-corrected chi connectivity index (χ2v) is 5.68. The quantitative estimate of drug-likeness (QED) is 0.886. The predicted octanol–water partition coefficient (Wildman–Crippen LogP) is 4.34. The maximum absolute atomic E-state index is 12.0. The van der Waals surface area contributed by atoms with E-state index in [9.17, 15) is 4.79 Å². The van der Waals surface area contributed by atoms with Crippen LogP contribution >= 0.6 is 27.5 Å². The van der Waals surface area contributed by atoms with Gasteiger partial charge in [0.25, 0.3) is 5.91 Å². The summed E-state index contributed by atoms with van der Waals surface area (Å²) in [5.41, 5.74) is 2.67. The van der Waals surface area contributed by atoms with E-state index in [1.54, 1.807) is 6.07 Å². The lowest BCUT2D eigenvalue weighted by atomic mass is 10.1. The van der Waals surface area contributed by atoms with E-state index in [1.165, 1.54) is 0 Å². The summed E-state index contributed by atoms with van der Waals surface area (Å²) in [6.07, 6.45) is 0. The summed E-state index contributed by atoms with van der Waals surface area (Å²) in [4.78, 5) is 12.0. The number of hydrogen-bond donors (Lipinski definition) is 1. The van der Waals surface area contributed by atoms with Gasteiger partial charge in [0, 0.05) is 21.6 Å². The molecule has 0 saturated heterocycles. The van der Waals surface area contributed by atoms with Gasteiger partial charge >= 0.3 is 0 Å². The monoisotopic (exact) mass is 337 g/mol. The van der Waals surface area contributed by atoms with Crippen molar-refractivity contribution in [1.29, 1.82) is 0 Å². The van der Waals surface area contributed by atoms with Crippen molar-refractivity contribution in [2.45, 2.75) is 13.5 Å². The first-order chi connectivity index (χ1) is 9.04. The molecule has 4 heteroatoms. The first-order valence-corrected chi connectivity index (χ1v) is 7.01. The number of nitrogens with one attached hydrogen (secondary N) is 1. The van der Waals surface area contributed by atoms with Crippen LogP contribution in [0.1, 0.15) is 21.5 Å². The van der Waals surface area contributed by atoms with Crippen LogP contribution in [0.25, 0.3) is 0 Å². The van der Waals surface area contributed by atoms with Crippen LogP contribution in [0, 0.1) is 6.92 Å². The average molecular weight is 339 g/mol. The second-order valence-electron chi connectivity index (χ2n) is 4.33. The van der Waals surface area contributed by atoms with Gasteiger partial charge in [0.15, 0.2) is 0 Å². The molecule has 2 nitrogen and oxygen atoms in total. The molecule has 1 amide bonds. The second kappa shape index (κ2) is 6.22. The number of amides is 1. The van der Waals surface area contributed by atoms with Gasteiger partial charge in [-0.2, -0.15) is 0 Å². The smallest absolute Gasteiger partial charge is 0.251 e. The molecule has 2 aromatic rings. The molecule has 0 bridgehead atoms. The van der Waals surface area contributed by atoms with Gasteiger partial charge in [-0.15, -0.1) is 0 Å². The molecule has 19 heavy (non-hydrogen) atoms. The van der Waals surface area contributed by atoms with Crippen molar-refractivity contribution in [2.75, 3.05) is 0 Å². The van der Waals surface area contributed by atoms with Crippen LogP contribution in [0.15, 0.2) is 46.9 Å². The summed E-state index contributed by atoms with van der Waals surface area (Å²) in [5.74, 6) is -0.0932. The molecule has 0 atom stereocenters. The Bertz CT molecular complexity index is 593. The molecular weight excluding hydrogens is 326 g/mol. The molecule has 0 aliphatic rings. The zero-order chi connectivity index (χ0) is 13.8. The van der Waals surface area contributed by atoms with Gasteiger partial charge < -0.3 is 5.32 Å². The van der Waals surface area contributed by atoms with Crippen molar-refractivity contribution in [3.63, 3.8) is 0 Å². The lowest BCUT2D eigenvalue weighted by Crippen LogP contribution is -2.22. The summed E-state index contributed by atoms with van der Waals surface area (Å²) in [6, 6.07) is 13.1. The van der Waals surface area contributed by atoms with Crippen molar-refractivity contribution < 1.29 is 4.79 Å². The Kier molecular flexibility index (Phi) is 4.61. The number of hydrogen-bond acceptors (Lipinski definition) is 1. The van der Waals surface area contributed by atoms with Gasteiger partial charge in [0.1, 0.15) is 0 Å². The third kappa shape index (κ3) is 4.08. The Balaban J connectivity index is 2.05. The molecule has 98 valence electrons. The van der Waals surface area contributed by atoms with Gasteiger partial charge in [-0.25, -0.2) is 0 Å². The minimum atomic E-state index is -0.0932. The highest BCUT2D eigenvalue weighted by molar-refractivity contribution is 9.10. The van der Waals surface area contributed by atoms with E-state index in [4.69, 9.17) is 11.6 Å². The summed E-state index contributed by atoms with van der Waals surface area (Å²) in [7, 11) is 0. The van der Waals surface area contributed by atoms with Crippen LogP contribution in [0.3, 0.4) is 0 Å². The highest BCUT2D eigenvalue weighted by Crippen LogP contribution is 2.15. The van der Waals surface area contributed by atoms with Crippen molar-refractivity contribution in [2.24, 2.45) is 0 Å². The van der Waals surface area contributed by atoms with Gasteiger partial charge in [-0.05, 0) is 48.4 Å². The van der Waals surface area contributed by atoms with Crippen molar-refractivity contribution in [3.05, 3.63) is 68.7 Å². The minimum Gasteiger partial charge on any atom is -0.348 e. The normalized spacial score (nSPS) is 10.3. The fourth-order valence-corrected chi connectivity index (χ4v) is 2.62. The van der Waals surface area contributed by atoms with Crippen LogP contribution in [-0.2, 0) is 6.54 Å². The standard InChI is InChI=1S/C15H13BrClNO/c1-10-5-12(8-13(16)6-10)15(19)18-9-11-3-2-4-14(17)7-11/h2-8H,9H2,1H3,(H,18,19). The SMILES string of the molecule is Cc1cc(Br)cc(C(=O)NCc2cccc(Cl)c2)c1. The molecule has 0 fully saturated rings. The van der Waals surface area contributed by atoms with Crippen molar-refractivity contribution in [1.82, 2.24) is 5.32 Å². The van der Waals surface area contributed by atoms with Crippen molar-refractivity contribution >= 4 is 33.4 Å². The van der Waals surface area contributed by atoms with E-state index in [2.05, 4.69) is 21.2 Å². The van der Waals surface area contributed by atoms with Crippen LogP contribution < -0.4 is 5.32 Å². The van der Waals surface area contributed by atoms with E-state index in [0.29, 0.717) is 17.1 Å². The number of carbonyl (C=O) groups is 1. The first-order valence-electron chi connectivity index (χ1n) is 5.84. The van der Waals surface area contributed by atoms with Gasteiger partial charge in [-0.1, -0.05) is 39.7 Å². The molecule has 0 saturated carbocycles. The Hall–Kier alpha value is -1.32. The number of halogens is 2. The Morgan fingerprint density at radius 1 is 1.26 bits per heavy atom. The molecule has 0 heterocycles. The molecule has 0 unspecified atom stereocenters. The lowest BCUT2D eigenvalue weighted by Gasteiger charge is -2.07. The van der Waals surface area contributed by atoms with E-state index in [1.807, 2.05) is 43.3 Å². The molecule has 2 rings (SSSR count). The summed E-state index contributed by atoms with van der Waals surface area (Å²) < 4.78 is 0.903. The Labute approximate surface area is 125 Å². The maximum atomic E-state index is 12.0. The third-order valence-electron chi connectivity index (χ3n) is 2.65. The fourth-order valence-electron chi connectivity index (χ4n) is 1.80. The largest absolute Gasteiger partial charge is 0.348 e. The van der Waals surface area contributed by atoms with Crippen LogP contribution in [0.2, 0.25) is 5.02 Å². The van der Waals surface area contributed by atoms with E-state index < -0.39 is 0 Å². The lowest BCUT2D eigenvalue weighted by molar-refractivity contribution is 0.0951. The predicted molar refractivity (Wildman–Crippen MR) is 81.5 cm³/mol. The topological polar surface area (TPSA) is 29.1 Å². The van der Waals surface area contributed by atoms with E-state index in [0.717, 1.165) is 15.6 Å². The summed E-state index contributed by atoms with van der Waals surface area (Å²) in [5, 5.41) is 3.55. The molecule has 0 aromatic heterocycles. The van der Waals surface area contributed by atoms with E-state index >= 15 is 0 Å². The maximum Gasteiger partial charge on any atom is 0.251 e. The molecule has 0 radical (unpaired) electrons. The number of aryl methyl sites for hydroxylation is 1. The molecule has 0 aliphatic heterocycles. The number of carbonyl (C=O) groups excluding carboxylic acids is 1. The fraction of sp³-hybridized carbons (Fsp3) is 0.133. The molecule has 1 N–H and O–H groups in total. The molecule has 0 spiro atoms. The number of benzene rings is 2. The summed E-state index contributed by atoms with van der Waals surface area (Å²) >= 11 is 9.29. The number of rotatable bonds is 3. The highest BCUT2D eigenvalue weighted by atomic mass is 79.9. The Morgan fingerprint density at radius 2 is 2.05 bits per heavy atom. The Morgan fingerprint density at radius 3 is 2.74 bits per heavy atom. The van der Waals surface area contributed by atoms with Crippen LogP contribution in [0.5, 0.6) is 0 Å². The van der Waals surface area contributed by atoms with Gasteiger partial charge in [0.2, 0.25) is 0 Å². The van der Waals surface area contributed by atoms with Gasteiger partial charge in [-0.3, -0.25) is 4.79 Å². The van der Waals surface area contributed by atoms with E-state index in [-0.39, 0.29) is 5.91 Å². The third-order valence-corrected chi connectivity index (χ3v) is 3.34. The average Bonchev–Trinajstić information content (AvgIpc) is 2.35. The molecular formula is C15H13BrClNO. The van der Waals surface area contributed by atoms with Crippen LogP contribution in [0.4, 0.5) is 0 Å². The zero-order valence-corrected chi connectivity index (χ0v) is 12.8. The van der Waals surface area contributed by atoms with Crippen LogP contribution in [-0.4, -0.2) is 5.91 Å². The molecule has 2 aromatic carbocycles. The minimum absolute atomic E-state index is 0.0932. The highest BCUT2D eigenvalue weighted by Gasteiger charge is 2.06. The summed E-state index contributed by atoms with van der Waals surface area (Å²) in [6.45, 7) is 2.42.